The second-order valence-corrected chi connectivity index (χ2v) is 6.73. The van der Waals surface area contributed by atoms with Crippen LogP contribution in [0.5, 0.6) is 0 Å². The Morgan fingerprint density at radius 3 is 2.76 bits per heavy atom. The molecule has 0 aliphatic carbocycles. The average molecular weight is 341 g/mol. The van der Waals surface area contributed by atoms with E-state index in [4.69, 9.17) is 28.2 Å². The summed E-state index contributed by atoms with van der Waals surface area (Å²) in [4.78, 5) is 5.79. The molecular formula is C16H18Cl2N2S. The number of imidazole rings is 1. The van der Waals surface area contributed by atoms with Crippen LogP contribution in [0.3, 0.4) is 0 Å². The quantitative estimate of drug-likeness (QED) is 0.493. The van der Waals surface area contributed by atoms with E-state index in [1.807, 2.05) is 30.3 Å². The molecule has 2 aromatic rings. The van der Waals surface area contributed by atoms with Crippen molar-refractivity contribution in [2.75, 3.05) is 0 Å². The van der Waals surface area contributed by atoms with Crippen molar-refractivity contribution in [2.24, 2.45) is 0 Å². The highest BCUT2D eigenvalue weighted by Crippen LogP contribution is 2.36. The Labute approximate surface area is 140 Å². The van der Waals surface area contributed by atoms with E-state index in [1.54, 1.807) is 11.8 Å². The summed E-state index contributed by atoms with van der Waals surface area (Å²) < 4.78 is 2.13. The molecule has 1 heterocycles. The van der Waals surface area contributed by atoms with E-state index in [2.05, 4.69) is 25.0 Å². The van der Waals surface area contributed by atoms with Gasteiger partial charge >= 0.3 is 0 Å². The molecule has 0 aliphatic rings. The summed E-state index contributed by atoms with van der Waals surface area (Å²) in [5, 5.41) is 1.85. The molecule has 0 aliphatic heterocycles. The molecule has 1 aromatic carbocycles. The van der Waals surface area contributed by atoms with Crippen LogP contribution < -0.4 is 0 Å². The van der Waals surface area contributed by atoms with E-state index >= 15 is 0 Å². The number of allylic oxidation sites excluding steroid dienone is 1. The predicted octanol–water partition coefficient (Wildman–Crippen LogP) is 5.74. The molecule has 0 saturated carbocycles. The Bertz CT molecular complexity index is 635. The highest BCUT2D eigenvalue weighted by molar-refractivity contribution is 7.99. The first-order valence-electron chi connectivity index (χ1n) is 6.76. The molecule has 0 saturated heterocycles. The average Bonchev–Trinajstić information content (AvgIpc) is 2.78. The fraction of sp³-hybridized carbons (Fsp3) is 0.312. The van der Waals surface area contributed by atoms with Crippen molar-refractivity contribution in [3.8, 4) is 0 Å². The van der Waals surface area contributed by atoms with E-state index < -0.39 is 0 Å². The first-order chi connectivity index (χ1) is 10.1. The maximum atomic E-state index is 6.07. The third-order valence-electron chi connectivity index (χ3n) is 3.01. The SMILES string of the molecule is C=CCn1c(CCl)nc(C(C)C)c1Sc1cccc(Cl)c1. The Morgan fingerprint density at radius 2 is 2.19 bits per heavy atom. The summed E-state index contributed by atoms with van der Waals surface area (Å²) in [5.74, 6) is 1.61. The smallest absolute Gasteiger partial charge is 0.125 e. The van der Waals surface area contributed by atoms with E-state index in [0.29, 0.717) is 18.3 Å². The molecule has 0 fully saturated rings. The number of nitrogens with zero attached hydrogens (tertiary/aromatic N) is 2. The van der Waals surface area contributed by atoms with Gasteiger partial charge in [0.05, 0.1) is 11.6 Å². The second kappa shape index (κ2) is 7.39. The van der Waals surface area contributed by atoms with Crippen molar-refractivity contribution in [2.45, 2.75) is 42.1 Å². The molecule has 0 N–H and O–H groups in total. The summed E-state index contributed by atoms with van der Waals surface area (Å²) in [6.07, 6.45) is 1.86. The van der Waals surface area contributed by atoms with Crippen LogP contribution >= 0.6 is 35.0 Å². The largest absolute Gasteiger partial charge is 0.318 e. The molecule has 21 heavy (non-hydrogen) atoms. The van der Waals surface area contributed by atoms with Gasteiger partial charge in [0.25, 0.3) is 0 Å². The molecule has 2 rings (SSSR count). The van der Waals surface area contributed by atoms with Gasteiger partial charge in [-0.3, -0.25) is 0 Å². The fourth-order valence-corrected chi connectivity index (χ4v) is 3.74. The standard InChI is InChI=1S/C16H18Cl2N2S/c1-4-8-20-14(10-17)19-15(11(2)3)16(20)21-13-7-5-6-12(18)9-13/h4-7,9,11H,1,8,10H2,2-3H3. The van der Waals surface area contributed by atoms with Crippen LogP contribution in [-0.2, 0) is 12.4 Å². The zero-order chi connectivity index (χ0) is 15.4. The minimum atomic E-state index is 0.333. The van der Waals surface area contributed by atoms with Crippen molar-refractivity contribution >= 4 is 35.0 Å². The molecule has 0 unspecified atom stereocenters. The van der Waals surface area contributed by atoms with Gasteiger partial charge in [-0.2, -0.15) is 0 Å². The lowest BCUT2D eigenvalue weighted by molar-refractivity contribution is 0.700. The first-order valence-corrected chi connectivity index (χ1v) is 8.49. The minimum Gasteiger partial charge on any atom is -0.318 e. The zero-order valence-electron chi connectivity index (χ0n) is 12.1. The van der Waals surface area contributed by atoms with Gasteiger partial charge < -0.3 is 4.57 Å². The molecule has 0 bridgehead atoms. The van der Waals surface area contributed by atoms with Gasteiger partial charge in [0.2, 0.25) is 0 Å². The van der Waals surface area contributed by atoms with Crippen molar-refractivity contribution in [3.05, 3.63) is 53.5 Å². The monoisotopic (exact) mass is 340 g/mol. The third kappa shape index (κ3) is 3.85. The maximum absolute atomic E-state index is 6.07. The fourth-order valence-electron chi connectivity index (χ4n) is 2.05. The van der Waals surface area contributed by atoms with E-state index in [-0.39, 0.29) is 0 Å². The number of rotatable bonds is 6. The van der Waals surface area contributed by atoms with Gasteiger partial charge in [-0.15, -0.1) is 18.2 Å². The Balaban J connectivity index is 2.48. The molecule has 0 spiro atoms. The summed E-state index contributed by atoms with van der Waals surface area (Å²) in [6.45, 7) is 8.80. The van der Waals surface area contributed by atoms with Gasteiger partial charge in [0.1, 0.15) is 10.9 Å². The van der Waals surface area contributed by atoms with Crippen LogP contribution in [0, 0.1) is 0 Å². The van der Waals surface area contributed by atoms with Crippen molar-refractivity contribution in [1.29, 1.82) is 0 Å². The topological polar surface area (TPSA) is 17.8 Å². The molecule has 1 aromatic heterocycles. The molecule has 0 radical (unpaired) electrons. The highest BCUT2D eigenvalue weighted by Gasteiger charge is 2.19. The number of hydrogen-bond acceptors (Lipinski definition) is 2. The number of hydrogen-bond donors (Lipinski definition) is 0. The van der Waals surface area contributed by atoms with Crippen molar-refractivity contribution in [3.63, 3.8) is 0 Å². The van der Waals surface area contributed by atoms with Crippen molar-refractivity contribution < 1.29 is 0 Å². The van der Waals surface area contributed by atoms with Gasteiger partial charge in [-0.25, -0.2) is 4.98 Å². The minimum absolute atomic E-state index is 0.333. The Kier molecular flexibility index (Phi) is 5.80. The summed E-state index contributed by atoms with van der Waals surface area (Å²) >= 11 is 13.8. The van der Waals surface area contributed by atoms with Gasteiger partial charge in [-0.05, 0) is 24.1 Å². The maximum Gasteiger partial charge on any atom is 0.125 e. The van der Waals surface area contributed by atoms with Gasteiger partial charge in [0.15, 0.2) is 0 Å². The number of halogens is 2. The molecular weight excluding hydrogens is 323 g/mol. The van der Waals surface area contributed by atoms with Crippen LogP contribution in [0.4, 0.5) is 0 Å². The Hall–Kier alpha value is -0.900. The predicted molar refractivity (Wildman–Crippen MR) is 91.6 cm³/mol. The lowest BCUT2D eigenvalue weighted by atomic mass is 10.1. The van der Waals surface area contributed by atoms with Crippen LogP contribution in [-0.4, -0.2) is 9.55 Å². The second-order valence-electron chi connectivity index (χ2n) is 4.97. The highest BCUT2D eigenvalue weighted by atomic mass is 35.5. The lowest BCUT2D eigenvalue weighted by Crippen LogP contribution is -2.02. The van der Waals surface area contributed by atoms with Gasteiger partial charge in [-0.1, -0.05) is 49.4 Å². The van der Waals surface area contributed by atoms with Gasteiger partial charge in [0, 0.05) is 16.5 Å². The zero-order valence-corrected chi connectivity index (χ0v) is 14.5. The van der Waals surface area contributed by atoms with Crippen LogP contribution in [0.1, 0.15) is 31.3 Å². The van der Waals surface area contributed by atoms with Crippen LogP contribution in [0.25, 0.3) is 0 Å². The molecule has 5 heteroatoms. The third-order valence-corrected chi connectivity index (χ3v) is 4.60. The summed E-state index contributed by atoms with van der Waals surface area (Å²) in [5.41, 5.74) is 1.07. The molecule has 2 nitrogen and oxygen atoms in total. The molecule has 0 atom stereocenters. The van der Waals surface area contributed by atoms with Crippen LogP contribution in [0.15, 0.2) is 46.8 Å². The summed E-state index contributed by atoms with van der Waals surface area (Å²) in [6, 6.07) is 7.84. The molecule has 0 amide bonds. The Morgan fingerprint density at radius 1 is 1.43 bits per heavy atom. The number of alkyl halides is 1. The van der Waals surface area contributed by atoms with E-state index in [1.165, 1.54) is 0 Å². The molecule has 112 valence electrons. The number of aromatic nitrogens is 2. The van der Waals surface area contributed by atoms with Crippen molar-refractivity contribution in [1.82, 2.24) is 9.55 Å². The van der Waals surface area contributed by atoms with E-state index in [0.717, 1.165) is 26.5 Å². The van der Waals surface area contributed by atoms with Crippen LogP contribution in [0.2, 0.25) is 5.02 Å². The normalized spacial score (nSPS) is 11.1. The first kappa shape index (κ1) is 16.5. The summed E-state index contributed by atoms with van der Waals surface area (Å²) in [7, 11) is 0. The van der Waals surface area contributed by atoms with E-state index in [9.17, 15) is 0 Å². The number of benzene rings is 1. The lowest BCUT2D eigenvalue weighted by Gasteiger charge is -2.11.